The lowest BCUT2D eigenvalue weighted by molar-refractivity contribution is -0.384. The van der Waals surface area contributed by atoms with E-state index in [-0.39, 0.29) is 10.6 Å². The van der Waals surface area contributed by atoms with Gasteiger partial charge in [-0.15, -0.1) is 0 Å². The van der Waals surface area contributed by atoms with Crippen LogP contribution in [0.15, 0.2) is 83.8 Å². The summed E-state index contributed by atoms with van der Waals surface area (Å²) in [4.78, 5) is 12.6. The molecular weight excluding hydrogens is 378 g/mol. The third-order valence-electron chi connectivity index (χ3n) is 4.25. The number of primary sulfonamides is 1. The fourth-order valence-corrected chi connectivity index (χ4v) is 3.46. The summed E-state index contributed by atoms with van der Waals surface area (Å²) in [6.45, 7) is 0.844. The first-order valence-corrected chi connectivity index (χ1v) is 10.0. The minimum atomic E-state index is -4.04. The van der Waals surface area contributed by atoms with Gasteiger partial charge < -0.3 is 4.90 Å². The SMILES string of the molecule is NS(=O)(=O)c1ccc(N(Cc2ccccc2)Cc2ccccc2)c([N+](=O)[O-])c1. The summed E-state index contributed by atoms with van der Waals surface area (Å²) in [5.41, 5.74) is 1.97. The fraction of sp³-hybridized carbons (Fsp3) is 0.100. The Balaban J connectivity index is 2.07. The van der Waals surface area contributed by atoms with Crippen LogP contribution in [0.3, 0.4) is 0 Å². The average molecular weight is 397 g/mol. The molecule has 0 bridgehead atoms. The topological polar surface area (TPSA) is 107 Å². The van der Waals surface area contributed by atoms with Crippen LogP contribution in [-0.4, -0.2) is 13.3 Å². The van der Waals surface area contributed by atoms with Crippen molar-refractivity contribution in [1.82, 2.24) is 0 Å². The van der Waals surface area contributed by atoms with Crippen molar-refractivity contribution in [3.8, 4) is 0 Å². The Labute approximate surface area is 163 Å². The molecule has 0 aliphatic carbocycles. The molecule has 0 radical (unpaired) electrons. The summed E-state index contributed by atoms with van der Waals surface area (Å²) in [6, 6.07) is 22.9. The van der Waals surface area contributed by atoms with Crippen molar-refractivity contribution < 1.29 is 13.3 Å². The number of nitrogens with zero attached hydrogens (tertiary/aromatic N) is 2. The predicted octanol–water partition coefficient (Wildman–Crippen LogP) is 3.45. The Morgan fingerprint density at radius 3 is 1.79 bits per heavy atom. The van der Waals surface area contributed by atoms with Crippen molar-refractivity contribution in [2.24, 2.45) is 5.14 Å². The molecule has 0 unspecified atom stereocenters. The molecule has 3 aromatic carbocycles. The fourth-order valence-electron chi connectivity index (χ4n) is 2.93. The minimum Gasteiger partial charge on any atom is -0.357 e. The molecule has 144 valence electrons. The Morgan fingerprint density at radius 2 is 1.36 bits per heavy atom. The molecule has 0 heterocycles. The van der Waals surface area contributed by atoms with Crippen molar-refractivity contribution in [3.05, 3.63) is 100 Å². The molecule has 0 atom stereocenters. The highest BCUT2D eigenvalue weighted by Gasteiger charge is 2.23. The first kappa shape index (κ1) is 19.5. The molecule has 0 aliphatic heterocycles. The summed E-state index contributed by atoms with van der Waals surface area (Å²) < 4.78 is 23.2. The second-order valence-corrected chi connectivity index (χ2v) is 7.84. The van der Waals surface area contributed by atoms with Crippen molar-refractivity contribution in [2.45, 2.75) is 18.0 Å². The van der Waals surface area contributed by atoms with Crippen molar-refractivity contribution in [3.63, 3.8) is 0 Å². The van der Waals surface area contributed by atoms with Gasteiger partial charge in [0.25, 0.3) is 5.69 Å². The number of sulfonamides is 1. The van der Waals surface area contributed by atoms with Crippen molar-refractivity contribution in [2.75, 3.05) is 4.90 Å². The number of benzene rings is 3. The van der Waals surface area contributed by atoms with Gasteiger partial charge in [-0.1, -0.05) is 60.7 Å². The van der Waals surface area contributed by atoms with Crippen LogP contribution >= 0.6 is 0 Å². The summed E-state index contributed by atoms with van der Waals surface area (Å²) >= 11 is 0. The van der Waals surface area contributed by atoms with E-state index in [9.17, 15) is 18.5 Å². The molecule has 8 heteroatoms. The maximum atomic E-state index is 11.7. The summed E-state index contributed by atoms with van der Waals surface area (Å²) in [5, 5.41) is 16.8. The van der Waals surface area contributed by atoms with E-state index < -0.39 is 14.9 Å². The smallest absolute Gasteiger partial charge is 0.293 e. The molecule has 0 fully saturated rings. The third kappa shape index (κ3) is 4.73. The number of rotatable bonds is 7. The summed E-state index contributed by atoms with van der Waals surface area (Å²) in [7, 11) is -4.04. The van der Waals surface area contributed by atoms with E-state index in [4.69, 9.17) is 5.14 Å². The largest absolute Gasteiger partial charge is 0.357 e. The number of hydrogen-bond donors (Lipinski definition) is 1. The Morgan fingerprint density at radius 1 is 0.857 bits per heavy atom. The second-order valence-electron chi connectivity index (χ2n) is 6.28. The van der Waals surface area contributed by atoms with E-state index in [1.807, 2.05) is 65.6 Å². The molecule has 3 aromatic rings. The third-order valence-corrected chi connectivity index (χ3v) is 5.16. The van der Waals surface area contributed by atoms with E-state index >= 15 is 0 Å². The van der Waals surface area contributed by atoms with E-state index in [0.717, 1.165) is 17.2 Å². The zero-order chi connectivity index (χ0) is 20.1. The zero-order valence-corrected chi connectivity index (χ0v) is 15.7. The highest BCUT2D eigenvalue weighted by Crippen LogP contribution is 2.32. The molecule has 3 rings (SSSR count). The van der Waals surface area contributed by atoms with Crippen molar-refractivity contribution >= 4 is 21.4 Å². The Kier molecular flexibility index (Phi) is 5.72. The monoisotopic (exact) mass is 397 g/mol. The molecule has 0 aliphatic rings. The lowest BCUT2D eigenvalue weighted by Gasteiger charge is -2.25. The number of anilines is 1. The van der Waals surface area contributed by atoms with Crippen LogP contribution in [-0.2, 0) is 23.1 Å². The number of nitro groups is 1. The van der Waals surface area contributed by atoms with Gasteiger partial charge in [-0.2, -0.15) is 0 Å². The number of nitrogens with two attached hydrogens (primary N) is 1. The lowest BCUT2D eigenvalue weighted by atomic mass is 10.1. The number of hydrogen-bond acceptors (Lipinski definition) is 5. The van der Waals surface area contributed by atoms with Gasteiger partial charge in [-0.3, -0.25) is 10.1 Å². The van der Waals surface area contributed by atoms with Crippen molar-refractivity contribution in [1.29, 1.82) is 0 Å². The molecule has 7 nitrogen and oxygen atoms in total. The average Bonchev–Trinajstić information content (AvgIpc) is 2.68. The van der Waals surface area contributed by atoms with Crippen LogP contribution in [0, 0.1) is 10.1 Å². The molecule has 0 saturated heterocycles. The maximum absolute atomic E-state index is 11.7. The summed E-state index contributed by atoms with van der Waals surface area (Å²) in [6.07, 6.45) is 0. The molecule has 2 N–H and O–H groups in total. The predicted molar refractivity (Wildman–Crippen MR) is 107 cm³/mol. The van der Waals surface area contributed by atoms with Gasteiger partial charge in [0.1, 0.15) is 5.69 Å². The highest BCUT2D eigenvalue weighted by atomic mass is 32.2. The summed E-state index contributed by atoms with van der Waals surface area (Å²) in [5.74, 6) is 0. The van der Waals surface area contributed by atoms with Gasteiger partial charge in [0, 0.05) is 19.2 Å². The van der Waals surface area contributed by atoms with Crippen LogP contribution in [0.4, 0.5) is 11.4 Å². The van der Waals surface area contributed by atoms with Crippen LogP contribution < -0.4 is 10.0 Å². The molecule has 0 amide bonds. The quantitative estimate of drug-likeness (QED) is 0.485. The van der Waals surface area contributed by atoms with Gasteiger partial charge >= 0.3 is 0 Å². The molecule has 0 aromatic heterocycles. The first-order chi connectivity index (χ1) is 13.3. The van der Waals surface area contributed by atoms with Gasteiger partial charge in [-0.05, 0) is 23.3 Å². The normalized spacial score (nSPS) is 11.2. The maximum Gasteiger partial charge on any atom is 0.293 e. The number of nitro benzene ring substituents is 1. The molecular formula is C20H19N3O4S. The van der Waals surface area contributed by atoms with E-state index in [1.165, 1.54) is 12.1 Å². The minimum absolute atomic E-state index is 0.290. The van der Waals surface area contributed by atoms with Gasteiger partial charge in [0.05, 0.1) is 9.82 Å². The van der Waals surface area contributed by atoms with E-state index in [0.29, 0.717) is 18.8 Å². The van der Waals surface area contributed by atoms with Crippen LogP contribution in [0.2, 0.25) is 0 Å². The van der Waals surface area contributed by atoms with E-state index in [2.05, 4.69) is 0 Å². The van der Waals surface area contributed by atoms with E-state index in [1.54, 1.807) is 0 Å². The zero-order valence-electron chi connectivity index (χ0n) is 14.9. The van der Waals surface area contributed by atoms with Gasteiger partial charge in [-0.25, -0.2) is 13.6 Å². The van der Waals surface area contributed by atoms with Crippen LogP contribution in [0.5, 0.6) is 0 Å². The highest BCUT2D eigenvalue weighted by molar-refractivity contribution is 7.89. The molecule has 28 heavy (non-hydrogen) atoms. The second kappa shape index (κ2) is 8.20. The lowest BCUT2D eigenvalue weighted by Crippen LogP contribution is -2.23. The Bertz CT molecular complexity index is 1030. The molecule has 0 spiro atoms. The van der Waals surface area contributed by atoms with Gasteiger partial charge in [0.15, 0.2) is 0 Å². The Hall–Kier alpha value is -3.23. The van der Waals surface area contributed by atoms with Gasteiger partial charge in [0.2, 0.25) is 10.0 Å². The van der Waals surface area contributed by atoms with Crippen LogP contribution in [0.25, 0.3) is 0 Å². The first-order valence-electron chi connectivity index (χ1n) is 8.48. The molecule has 0 saturated carbocycles. The standard InChI is InChI=1S/C20H19N3O4S/c21-28(26,27)18-11-12-19(20(13-18)23(24)25)22(14-16-7-3-1-4-8-16)15-17-9-5-2-6-10-17/h1-13H,14-15H2,(H2,21,26,27). The van der Waals surface area contributed by atoms with Crippen LogP contribution in [0.1, 0.15) is 11.1 Å².